The highest BCUT2D eigenvalue weighted by Crippen LogP contribution is 2.17. The molecule has 1 N–H and O–H groups in total. The number of carbonyl (C=O) groups excluding carboxylic acids is 2. The van der Waals surface area contributed by atoms with E-state index >= 15 is 0 Å². The molecule has 5 nitrogen and oxygen atoms in total. The molecule has 5 heteroatoms. The molecule has 0 aliphatic rings. The molecule has 1 atom stereocenters. The van der Waals surface area contributed by atoms with Crippen molar-refractivity contribution in [2.45, 2.75) is 52.1 Å². The summed E-state index contributed by atoms with van der Waals surface area (Å²) in [5.41, 5.74) is 3.19. The number of carbonyl (C=O) groups is 2. The average molecular weight is 473 g/mol. The van der Waals surface area contributed by atoms with Crippen LogP contribution in [0.15, 0.2) is 84.9 Å². The molecule has 0 aromatic heterocycles. The van der Waals surface area contributed by atoms with Crippen LogP contribution in [0.3, 0.4) is 0 Å². The monoisotopic (exact) mass is 472 g/mol. The quantitative estimate of drug-likeness (QED) is 0.343. The van der Waals surface area contributed by atoms with Gasteiger partial charge in [-0.05, 0) is 43.0 Å². The van der Waals surface area contributed by atoms with Crippen molar-refractivity contribution < 1.29 is 14.3 Å². The lowest BCUT2D eigenvalue weighted by molar-refractivity contribution is -0.141. The van der Waals surface area contributed by atoms with Gasteiger partial charge in [0.1, 0.15) is 11.8 Å². The minimum atomic E-state index is -0.590. The highest BCUT2D eigenvalue weighted by molar-refractivity contribution is 5.88. The fourth-order valence-electron chi connectivity index (χ4n) is 3.88. The Balaban J connectivity index is 1.77. The zero-order chi connectivity index (χ0) is 24.9. The summed E-state index contributed by atoms with van der Waals surface area (Å²) < 4.78 is 5.77. The molecule has 3 aromatic carbocycles. The minimum Gasteiger partial charge on any atom is -0.494 e. The summed E-state index contributed by atoms with van der Waals surface area (Å²) in [5, 5.41) is 3.01. The van der Waals surface area contributed by atoms with E-state index in [0.717, 1.165) is 28.9 Å². The van der Waals surface area contributed by atoms with E-state index in [1.165, 1.54) is 0 Å². The predicted molar refractivity (Wildman–Crippen MR) is 140 cm³/mol. The SMILES string of the molecule is CCCNC(=O)[C@@H](Cc1ccccc1)N(Cc1ccc(C)cc1)C(=O)CCCOc1ccccc1. The number of ether oxygens (including phenoxy) is 1. The van der Waals surface area contributed by atoms with E-state index in [1.54, 1.807) is 4.90 Å². The first-order valence-corrected chi connectivity index (χ1v) is 12.4. The van der Waals surface area contributed by atoms with Crippen molar-refractivity contribution in [3.8, 4) is 5.75 Å². The minimum absolute atomic E-state index is 0.0465. The van der Waals surface area contributed by atoms with Crippen molar-refractivity contribution in [3.05, 3.63) is 102 Å². The Bertz CT molecular complexity index is 1040. The van der Waals surface area contributed by atoms with Crippen molar-refractivity contribution in [2.75, 3.05) is 13.2 Å². The largest absolute Gasteiger partial charge is 0.494 e. The molecule has 0 fully saturated rings. The second kappa shape index (κ2) is 14.0. The number of amides is 2. The van der Waals surface area contributed by atoms with E-state index in [0.29, 0.717) is 39.0 Å². The summed E-state index contributed by atoms with van der Waals surface area (Å²) >= 11 is 0. The van der Waals surface area contributed by atoms with Gasteiger partial charge in [0.2, 0.25) is 11.8 Å². The summed E-state index contributed by atoms with van der Waals surface area (Å²) in [6, 6.07) is 27.0. The van der Waals surface area contributed by atoms with Crippen LogP contribution in [0.2, 0.25) is 0 Å². The Hall–Kier alpha value is -3.60. The van der Waals surface area contributed by atoms with Crippen LogP contribution in [0.25, 0.3) is 0 Å². The van der Waals surface area contributed by atoms with Gasteiger partial charge >= 0.3 is 0 Å². The first kappa shape index (κ1) is 26.0. The van der Waals surface area contributed by atoms with Crippen LogP contribution >= 0.6 is 0 Å². The van der Waals surface area contributed by atoms with Crippen molar-refractivity contribution >= 4 is 11.8 Å². The lowest BCUT2D eigenvalue weighted by atomic mass is 10.0. The molecule has 0 aliphatic carbocycles. The fraction of sp³-hybridized carbons (Fsp3) is 0.333. The number of aryl methyl sites for hydroxylation is 1. The third-order valence-corrected chi connectivity index (χ3v) is 5.84. The predicted octanol–water partition coefficient (Wildman–Crippen LogP) is 5.32. The molecule has 0 saturated carbocycles. The molecule has 0 unspecified atom stereocenters. The zero-order valence-electron chi connectivity index (χ0n) is 20.8. The van der Waals surface area contributed by atoms with Crippen molar-refractivity contribution in [1.29, 1.82) is 0 Å². The van der Waals surface area contributed by atoms with Crippen LogP contribution in [0, 0.1) is 6.92 Å². The summed E-state index contributed by atoms with van der Waals surface area (Å²) in [6.45, 7) is 5.47. The lowest BCUT2D eigenvalue weighted by Crippen LogP contribution is -2.50. The van der Waals surface area contributed by atoms with Crippen molar-refractivity contribution in [2.24, 2.45) is 0 Å². The van der Waals surface area contributed by atoms with Gasteiger partial charge < -0.3 is 15.0 Å². The van der Waals surface area contributed by atoms with Crippen LogP contribution < -0.4 is 10.1 Å². The Morgan fingerprint density at radius 1 is 0.886 bits per heavy atom. The maximum atomic E-state index is 13.5. The molecular formula is C30H36N2O3. The highest BCUT2D eigenvalue weighted by atomic mass is 16.5. The Morgan fingerprint density at radius 2 is 1.54 bits per heavy atom. The highest BCUT2D eigenvalue weighted by Gasteiger charge is 2.29. The molecule has 35 heavy (non-hydrogen) atoms. The third-order valence-electron chi connectivity index (χ3n) is 5.84. The molecule has 0 aliphatic heterocycles. The van der Waals surface area contributed by atoms with Crippen LogP contribution in [0.1, 0.15) is 42.9 Å². The van der Waals surface area contributed by atoms with E-state index in [9.17, 15) is 9.59 Å². The Labute approximate surface area is 209 Å². The van der Waals surface area contributed by atoms with E-state index in [-0.39, 0.29) is 11.8 Å². The molecule has 0 spiro atoms. The first-order chi connectivity index (χ1) is 17.1. The van der Waals surface area contributed by atoms with E-state index in [1.807, 2.05) is 98.8 Å². The van der Waals surface area contributed by atoms with Crippen LogP contribution in [-0.2, 0) is 22.6 Å². The van der Waals surface area contributed by atoms with Gasteiger partial charge in [-0.1, -0.05) is 85.3 Å². The van der Waals surface area contributed by atoms with Gasteiger partial charge in [0.15, 0.2) is 0 Å². The maximum Gasteiger partial charge on any atom is 0.243 e. The maximum absolute atomic E-state index is 13.5. The van der Waals surface area contributed by atoms with Crippen LogP contribution in [0.5, 0.6) is 5.75 Å². The molecular weight excluding hydrogens is 436 g/mol. The standard InChI is InChI=1S/C30H36N2O3/c1-3-20-31-30(34)28(22-25-11-6-4-7-12-25)32(23-26-18-16-24(2)17-19-26)29(33)15-10-21-35-27-13-8-5-9-14-27/h4-9,11-14,16-19,28H,3,10,15,20-23H2,1-2H3,(H,31,34)/t28-/m1/s1. The van der Waals surface area contributed by atoms with Gasteiger partial charge in [-0.3, -0.25) is 9.59 Å². The molecule has 2 amide bonds. The number of hydrogen-bond acceptors (Lipinski definition) is 3. The van der Waals surface area contributed by atoms with E-state index in [2.05, 4.69) is 5.32 Å². The van der Waals surface area contributed by atoms with Gasteiger partial charge in [0, 0.05) is 25.9 Å². The number of para-hydroxylation sites is 1. The first-order valence-electron chi connectivity index (χ1n) is 12.4. The summed E-state index contributed by atoms with van der Waals surface area (Å²) in [4.78, 5) is 28.5. The van der Waals surface area contributed by atoms with Crippen molar-refractivity contribution in [1.82, 2.24) is 10.2 Å². The van der Waals surface area contributed by atoms with Crippen LogP contribution in [0.4, 0.5) is 0 Å². The summed E-state index contributed by atoms with van der Waals surface area (Å²) in [6.07, 6.45) is 2.19. The molecule has 0 saturated heterocycles. The molecule has 3 aromatic rings. The molecule has 184 valence electrons. The van der Waals surface area contributed by atoms with E-state index < -0.39 is 6.04 Å². The Morgan fingerprint density at radius 3 is 2.20 bits per heavy atom. The van der Waals surface area contributed by atoms with Crippen molar-refractivity contribution in [3.63, 3.8) is 0 Å². The third kappa shape index (κ3) is 8.60. The Kier molecular flexibility index (Phi) is 10.4. The normalized spacial score (nSPS) is 11.5. The molecule has 3 rings (SSSR count). The number of nitrogens with zero attached hydrogens (tertiary/aromatic N) is 1. The van der Waals surface area contributed by atoms with Gasteiger partial charge in [-0.25, -0.2) is 0 Å². The molecule has 0 radical (unpaired) electrons. The number of benzene rings is 3. The van der Waals surface area contributed by atoms with E-state index in [4.69, 9.17) is 4.74 Å². The lowest BCUT2D eigenvalue weighted by Gasteiger charge is -2.31. The van der Waals surface area contributed by atoms with Gasteiger partial charge in [0.25, 0.3) is 0 Å². The number of hydrogen-bond donors (Lipinski definition) is 1. The fourth-order valence-corrected chi connectivity index (χ4v) is 3.88. The second-order valence-electron chi connectivity index (χ2n) is 8.77. The topological polar surface area (TPSA) is 58.6 Å². The summed E-state index contributed by atoms with van der Waals surface area (Å²) in [5.74, 6) is 0.629. The smallest absolute Gasteiger partial charge is 0.243 e. The second-order valence-corrected chi connectivity index (χ2v) is 8.77. The summed E-state index contributed by atoms with van der Waals surface area (Å²) in [7, 11) is 0. The molecule has 0 heterocycles. The average Bonchev–Trinajstić information content (AvgIpc) is 2.89. The molecule has 0 bridgehead atoms. The van der Waals surface area contributed by atoms with Gasteiger partial charge in [-0.2, -0.15) is 0 Å². The zero-order valence-corrected chi connectivity index (χ0v) is 20.8. The number of rotatable bonds is 13. The number of nitrogens with one attached hydrogen (secondary N) is 1. The van der Waals surface area contributed by atoms with Gasteiger partial charge in [0.05, 0.1) is 6.61 Å². The van der Waals surface area contributed by atoms with Crippen LogP contribution in [-0.4, -0.2) is 35.9 Å². The van der Waals surface area contributed by atoms with Gasteiger partial charge in [-0.15, -0.1) is 0 Å².